The molecule has 1 atom stereocenters. The fourth-order valence-electron chi connectivity index (χ4n) is 3.67. The van der Waals surface area contributed by atoms with E-state index in [4.69, 9.17) is 0 Å². The molecule has 0 spiro atoms. The Morgan fingerprint density at radius 1 is 1.21 bits per heavy atom. The van der Waals surface area contributed by atoms with Crippen LogP contribution in [0.2, 0.25) is 0 Å². The van der Waals surface area contributed by atoms with E-state index < -0.39 is 0 Å². The van der Waals surface area contributed by atoms with Crippen LogP contribution in [0.3, 0.4) is 0 Å². The predicted octanol–water partition coefficient (Wildman–Crippen LogP) is 3.37. The van der Waals surface area contributed by atoms with Gasteiger partial charge in [-0.05, 0) is 44.3 Å². The number of piperazine rings is 1. The predicted molar refractivity (Wildman–Crippen MR) is 87.0 cm³/mol. The van der Waals surface area contributed by atoms with Crippen LogP contribution in [0, 0.1) is 5.92 Å². The van der Waals surface area contributed by atoms with Crippen molar-refractivity contribution in [3.63, 3.8) is 0 Å². The maximum atomic E-state index is 3.92. The van der Waals surface area contributed by atoms with Crippen molar-refractivity contribution in [2.75, 3.05) is 31.1 Å². The fourth-order valence-corrected chi connectivity index (χ4v) is 4.31. The molecule has 0 aromatic carbocycles. The molecule has 1 saturated heterocycles. The fraction of sp³-hybridized carbons (Fsp3) is 1.00. The Hall–Kier alpha value is 0.270. The molecular formula is C16H32N2S. The van der Waals surface area contributed by atoms with Gasteiger partial charge in [-0.1, -0.05) is 20.8 Å². The molecule has 3 heteroatoms. The van der Waals surface area contributed by atoms with E-state index in [2.05, 4.69) is 49.7 Å². The molecule has 1 aliphatic carbocycles. The maximum absolute atomic E-state index is 3.92. The number of nitrogens with zero attached hydrogens (tertiary/aromatic N) is 1. The number of nitrogens with one attached hydrogen (secondary N) is 1. The highest BCUT2D eigenvalue weighted by molar-refractivity contribution is 7.99. The molecule has 2 aliphatic rings. The van der Waals surface area contributed by atoms with Gasteiger partial charge < -0.3 is 5.32 Å². The van der Waals surface area contributed by atoms with Gasteiger partial charge in [-0.15, -0.1) is 0 Å². The summed E-state index contributed by atoms with van der Waals surface area (Å²) in [6.07, 6.45) is 5.42. The summed E-state index contributed by atoms with van der Waals surface area (Å²) in [7, 11) is 0. The van der Waals surface area contributed by atoms with E-state index in [1.807, 2.05) is 0 Å². The van der Waals surface area contributed by atoms with Gasteiger partial charge >= 0.3 is 0 Å². The molecule has 112 valence electrons. The monoisotopic (exact) mass is 284 g/mol. The second-order valence-corrected chi connectivity index (χ2v) is 7.99. The number of thioether (sulfide) groups is 1. The molecular weight excluding hydrogens is 252 g/mol. The summed E-state index contributed by atoms with van der Waals surface area (Å²) in [6, 6.07) is 0. The molecule has 2 nitrogen and oxygen atoms in total. The second-order valence-electron chi connectivity index (χ2n) is 6.60. The van der Waals surface area contributed by atoms with E-state index in [0.29, 0.717) is 11.1 Å². The Morgan fingerprint density at radius 2 is 1.89 bits per heavy atom. The summed E-state index contributed by atoms with van der Waals surface area (Å²) >= 11 is 2.09. The highest BCUT2D eigenvalue weighted by atomic mass is 32.2. The van der Waals surface area contributed by atoms with E-state index in [-0.39, 0.29) is 0 Å². The third-order valence-electron chi connectivity index (χ3n) is 5.52. The minimum atomic E-state index is 0.380. The minimum Gasteiger partial charge on any atom is -0.308 e. The minimum absolute atomic E-state index is 0.380. The van der Waals surface area contributed by atoms with E-state index in [0.717, 1.165) is 5.92 Å². The molecule has 0 bridgehead atoms. The first kappa shape index (κ1) is 15.7. The largest absolute Gasteiger partial charge is 0.308 e. The molecule has 1 aliphatic heterocycles. The molecule has 19 heavy (non-hydrogen) atoms. The van der Waals surface area contributed by atoms with E-state index in [1.54, 1.807) is 0 Å². The van der Waals surface area contributed by atoms with Crippen LogP contribution in [0.4, 0.5) is 0 Å². The topological polar surface area (TPSA) is 15.3 Å². The Balaban J connectivity index is 2.04. The first-order chi connectivity index (χ1) is 9.10. The van der Waals surface area contributed by atoms with Gasteiger partial charge in [0.25, 0.3) is 0 Å². The quantitative estimate of drug-likeness (QED) is 0.722. The van der Waals surface area contributed by atoms with Crippen LogP contribution in [-0.2, 0) is 0 Å². The summed E-state index contributed by atoms with van der Waals surface area (Å²) < 4.78 is 0. The second kappa shape index (κ2) is 6.36. The van der Waals surface area contributed by atoms with Crippen LogP contribution >= 0.6 is 11.8 Å². The Kier molecular flexibility index (Phi) is 5.24. The van der Waals surface area contributed by atoms with Gasteiger partial charge in [0, 0.05) is 36.5 Å². The lowest BCUT2D eigenvalue weighted by Gasteiger charge is -2.54. The first-order valence-electron chi connectivity index (χ1n) is 8.18. The van der Waals surface area contributed by atoms with Gasteiger partial charge in [-0.3, -0.25) is 4.90 Å². The molecule has 1 unspecified atom stereocenters. The summed E-state index contributed by atoms with van der Waals surface area (Å²) in [4.78, 5) is 2.82. The van der Waals surface area contributed by atoms with Crippen molar-refractivity contribution in [2.24, 2.45) is 5.92 Å². The summed E-state index contributed by atoms with van der Waals surface area (Å²) in [6.45, 7) is 13.2. The van der Waals surface area contributed by atoms with Crippen LogP contribution in [0.15, 0.2) is 0 Å². The standard InChI is InChI=1S/C16H32N2S/c1-5-16(6-2)12-17-15(4,14-8-9-14)13-18(16)10-11-19-7-3/h14,17H,5-13H2,1-4H3. The molecule has 1 saturated carbocycles. The molecule has 2 fully saturated rings. The average Bonchev–Trinajstić information content (AvgIpc) is 3.25. The van der Waals surface area contributed by atoms with Crippen molar-refractivity contribution < 1.29 is 0 Å². The van der Waals surface area contributed by atoms with Gasteiger partial charge in [-0.25, -0.2) is 0 Å². The Morgan fingerprint density at radius 3 is 2.42 bits per heavy atom. The molecule has 0 aromatic heterocycles. The number of hydrogen-bond donors (Lipinski definition) is 1. The number of rotatable bonds is 7. The Bertz CT molecular complexity index is 286. The van der Waals surface area contributed by atoms with Crippen molar-refractivity contribution in [3.05, 3.63) is 0 Å². The van der Waals surface area contributed by atoms with Gasteiger partial charge in [0.05, 0.1) is 0 Å². The van der Waals surface area contributed by atoms with Gasteiger partial charge in [0.1, 0.15) is 0 Å². The average molecular weight is 285 g/mol. The smallest absolute Gasteiger partial charge is 0.0330 e. The molecule has 0 radical (unpaired) electrons. The van der Waals surface area contributed by atoms with Crippen molar-refractivity contribution in [3.8, 4) is 0 Å². The highest BCUT2D eigenvalue weighted by Crippen LogP contribution is 2.43. The third kappa shape index (κ3) is 3.30. The summed E-state index contributed by atoms with van der Waals surface area (Å²) in [5.41, 5.74) is 0.785. The highest BCUT2D eigenvalue weighted by Gasteiger charge is 2.49. The SMILES string of the molecule is CCSCCN1CC(C)(C2CC2)NCC1(CC)CC. The van der Waals surface area contributed by atoms with Crippen LogP contribution in [-0.4, -0.2) is 47.1 Å². The van der Waals surface area contributed by atoms with Crippen molar-refractivity contribution >= 4 is 11.8 Å². The lowest BCUT2D eigenvalue weighted by atomic mass is 9.82. The third-order valence-corrected chi connectivity index (χ3v) is 6.40. The maximum Gasteiger partial charge on any atom is 0.0330 e. The zero-order valence-corrected chi connectivity index (χ0v) is 14.1. The van der Waals surface area contributed by atoms with Crippen LogP contribution in [0.25, 0.3) is 0 Å². The molecule has 1 N–H and O–H groups in total. The van der Waals surface area contributed by atoms with Crippen LogP contribution in [0.5, 0.6) is 0 Å². The van der Waals surface area contributed by atoms with Crippen LogP contribution in [0.1, 0.15) is 53.4 Å². The van der Waals surface area contributed by atoms with Crippen molar-refractivity contribution in [1.29, 1.82) is 0 Å². The normalized spacial score (nSPS) is 31.6. The van der Waals surface area contributed by atoms with Crippen LogP contribution < -0.4 is 5.32 Å². The van der Waals surface area contributed by atoms with E-state index in [9.17, 15) is 0 Å². The molecule has 2 rings (SSSR count). The lowest BCUT2D eigenvalue weighted by molar-refractivity contribution is 0.00149. The molecule has 1 heterocycles. The Labute approximate surface area is 124 Å². The number of hydrogen-bond acceptors (Lipinski definition) is 3. The van der Waals surface area contributed by atoms with Crippen molar-refractivity contribution in [1.82, 2.24) is 10.2 Å². The molecule has 0 amide bonds. The van der Waals surface area contributed by atoms with Gasteiger partial charge in [0.15, 0.2) is 0 Å². The lowest BCUT2D eigenvalue weighted by Crippen LogP contribution is -2.69. The zero-order chi connectivity index (χ0) is 13.9. The van der Waals surface area contributed by atoms with Gasteiger partial charge in [-0.2, -0.15) is 11.8 Å². The zero-order valence-electron chi connectivity index (χ0n) is 13.3. The van der Waals surface area contributed by atoms with Gasteiger partial charge in [0.2, 0.25) is 0 Å². The first-order valence-corrected chi connectivity index (χ1v) is 9.33. The van der Waals surface area contributed by atoms with Crippen molar-refractivity contribution in [2.45, 2.75) is 64.5 Å². The summed E-state index contributed by atoms with van der Waals surface area (Å²) in [5.74, 6) is 3.47. The molecule has 0 aromatic rings. The summed E-state index contributed by atoms with van der Waals surface area (Å²) in [5, 5.41) is 3.92. The van der Waals surface area contributed by atoms with E-state index in [1.165, 1.54) is 56.8 Å². The van der Waals surface area contributed by atoms with E-state index >= 15 is 0 Å².